The van der Waals surface area contributed by atoms with Crippen LogP contribution in [0.4, 0.5) is 5.95 Å². The van der Waals surface area contributed by atoms with E-state index in [2.05, 4.69) is 36.1 Å². The normalized spacial score (nSPS) is 10.7. The summed E-state index contributed by atoms with van der Waals surface area (Å²) in [6.07, 6.45) is 1.35. The second-order valence-corrected chi connectivity index (χ2v) is 5.09. The molecule has 0 radical (unpaired) electrons. The molecule has 0 unspecified atom stereocenters. The van der Waals surface area contributed by atoms with E-state index in [1.807, 2.05) is 12.1 Å². The Balaban J connectivity index is 1.49. The van der Waals surface area contributed by atoms with E-state index in [4.69, 9.17) is 16.1 Å². The number of tetrazole rings is 1. The fraction of sp³-hybridized carbons (Fsp3) is 0.231. The average Bonchev–Trinajstić information content (AvgIpc) is 3.20. The minimum absolute atomic E-state index is 0.151. The third-order valence-corrected chi connectivity index (χ3v) is 3.21. The highest BCUT2D eigenvalue weighted by molar-refractivity contribution is 6.30. The van der Waals surface area contributed by atoms with Crippen LogP contribution in [0.3, 0.4) is 0 Å². The van der Waals surface area contributed by atoms with Crippen molar-refractivity contribution in [1.82, 2.24) is 30.8 Å². The van der Waals surface area contributed by atoms with Crippen LogP contribution in [-0.4, -0.2) is 36.7 Å². The van der Waals surface area contributed by atoms with Crippen molar-refractivity contribution >= 4 is 23.5 Å². The smallest absolute Gasteiger partial charge is 0.269 e. The lowest BCUT2D eigenvalue weighted by molar-refractivity contribution is -0.116. The molecule has 118 valence electrons. The number of anilines is 1. The molecule has 0 fully saturated rings. The SMILES string of the molecule is O=C(CCCc1nc(-c2ccc(Cl)cc2)no1)Nc1nn[nH]n1. The third kappa shape index (κ3) is 4.10. The minimum Gasteiger partial charge on any atom is -0.339 e. The van der Waals surface area contributed by atoms with E-state index < -0.39 is 0 Å². The van der Waals surface area contributed by atoms with Gasteiger partial charge < -0.3 is 4.52 Å². The lowest BCUT2D eigenvalue weighted by Gasteiger charge is -1.98. The molecule has 2 heterocycles. The van der Waals surface area contributed by atoms with Crippen LogP contribution < -0.4 is 5.32 Å². The highest BCUT2D eigenvalue weighted by Gasteiger charge is 2.10. The molecule has 3 aromatic rings. The third-order valence-electron chi connectivity index (χ3n) is 2.96. The van der Waals surface area contributed by atoms with Crippen LogP contribution in [0, 0.1) is 0 Å². The lowest BCUT2D eigenvalue weighted by Crippen LogP contribution is -2.12. The summed E-state index contributed by atoms with van der Waals surface area (Å²) in [6.45, 7) is 0. The van der Waals surface area contributed by atoms with Crippen molar-refractivity contribution in [2.24, 2.45) is 0 Å². The fourth-order valence-electron chi connectivity index (χ4n) is 1.87. The highest BCUT2D eigenvalue weighted by Crippen LogP contribution is 2.19. The molecule has 0 saturated carbocycles. The maximum Gasteiger partial charge on any atom is 0.269 e. The fourth-order valence-corrected chi connectivity index (χ4v) is 2.00. The first-order chi connectivity index (χ1) is 11.2. The van der Waals surface area contributed by atoms with Gasteiger partial charge in [-0.2, -0.15) is 10.2 Å². The van der Waals surface area contributed by atoms with Crippen molar-refractivity contribution in [2.75, 3.05) is 5.32 Å². The number of halogens is 1. The first-order valence-corrected chi connectivity index (χ1v) is 7.20. The number of carbonyl (C=O) groups is 1. The lowest BCUT2D eigenvalue weighted by atomic mass is 10.2. The molecule has 0 aliphatic rings. The Morgan fingerprint density at radius 1 is 1.30 bits per heavy atom. The van der Waals surface area contributed by atoms with Crippen molar-refractivity contribution in [3.63, 3.8) is 0 Å². The van der Waals surface area contributed by atoms with Gasteiger partial charge in [0.05, 0.1) is 0 Å². The van der Waals surface area contributed by atoms with E-state index in [1.54, 1.807) is 12.1 Å². The van der Waals surface area contributed by atoms with E-state index >= 15 is 0 Å². The maximum absolute atomic E-state index is 11.6. The zero-order valence-corrected chi connectivity index (χ0v) is 12.6. The molecule has 9 nitrogen and oxygen atoms in total. The summed E-state index contributed by atoms with van der Waals surface area (Å²) >= 11 is 5.84. The van der Waals surface area contributed by atoms with Crippen LogP contribution in [0.1, 0.15) is 18.7 Å². The summed E-state index contributed by atoms with van der Waals surface area (Å²) in [4.78, 5) is 15.9. The van der Waals surface area contributed by atoms with Gasteiger partial charge in [-0.1, -0.05) is 21.9 Å². The maximum atomic E-state index is 11.6. The molecule has 3 rings (SSSR count). The van der Waals surface area contributed by atoms with Crippen LogP contribution in [0.15, 0.2) is 28.8 Å². The number of H-pyrrole nitrogens is 1. The molecule has 0 bridgehead atoms. The molecule has 10 heteroatoms. The van der Waals surface area contributed by atoms with Gasteiger partial charge in [0.2, 0.25) is 17.6 Å². The van der Waals surface area contributed by atoms with Gasteiger partial charge in [-0.05, 0) is 35.9 Å². The number of hydrogen-bond donors (Lipinski definition) is 2. The van der Waals surface area contributed by atoms with Crippen molar-refractivity contribution < 1.29 is 9.32 Å². The second-order valence-electron chi connectivity index (χ2n) is 4.66. The summed E-state index contributed by atoms with van der Waals surface area (Å²) in [5.74, 6) is 0.914. The number of aromatic amines is 1. The van der Waals surface area contributed by atoms with Gasteiger partial charge in [0.1, 0.15) is 0 Å². The van der Waals surface area contributed by atoms with Crippen molar-refractivity contribution in [3.05, 3.63) is 35.2 Å². The molecule has 0 spiro atoms. The summed E-state index contributed by atoms with van der Waals surface area (Å²) in [5, 5.41) is 19.9. The number of carbonyl (C=O) groups excluding carboxylic acids is 1. The Bertz CT molecular complexity index is 770. The highest BCUT2D eigenvalue weighted by atomic mass is 35.5. The second kappa shape index (κ2) is 6.97. The largest absolute Gasteiger partial charge is 0.339 e. The summed E-state index contributed by atoms with van der Waals surface area (Å²) < 4.78 is 5.17. The van der Waals surface area contributed by atoms with E-state index in [-0.39, 0.29) is 18.3 Å². The van der Waals surface area contributed by atoms with Gasteiger partial charge in [-0.25, -0.2) is 0 Å². The summed E-state index contributed by atoms with van der Waals surface area (Å²) in [7, 11) is 0. The topological polar surface area (TPSA) is 122 Å². The quantitative estimate of drug-likeness (QED) is 0.705. The molecule has 1 aromatic carbocycles. The number of nitrogens with one attached hydrogen (secondary N) is 2. The zero-order chi connectivity index (χ0) is 16.1. The van der Waals surface area contributed by atoms with Gasteiger partial charge in [0.15, 0.2) is 0 Å². The van der Waals surface area contributed by atoms with Gasteiger partial charge in [0, 0.05) is 23.4 Å². The predicted octanol–water partition coefficient (Wildman–Crippen LogP) is 1.86. The number of aromatic nitrogens is 6. The molecule has 0 saturated heterocycles. The van der Waals surface area contributed by atoms with E-state index in [0.717, 1.165) is 5.56 Å². The molecule has 2 N–H and O–H groups in total. The van der Waals surface area contributed by atoms with Crippen LogP contribution in [0.5, 0.6) is 0 Å². The Morgan fingerprint density at radius 3 is 2.87 bits per heavy atom. The standard InChI is InChI=1S/C13H12ClN7O2/c14-9-6-4-8(5-7-9)12-16-11(23-19-12)3-1-2-10(22)15-13-17-20-21-18-13/h4-7H,1-3H2,(H2,15,17,18,20,21,22). The first kappa shape index (κ1) is 15.1. The number of aryl methyl sites for hydroxylation is 1. The first-order valence-electron chi connectivity index (χ1n) is 6.82. The van der Waals surface area contributed by atoms with Gasteiger partial charge in [0.25, 0.3) is 5.95 Å². The molecule has 23 heavy (non-hydrogen) atoms. The van der Waals surface area contributed by atoms with E-state index in [9.17, 15) is 4.79 Å². The van der Waals surface area contributed by atoms with Gasteiger partial charge in [-0.15, -0.1) is 5.10 Å². The summed E-state index contributed by atoms with van der Waals surface area (Å²) in [5.41, 5.74) is 0.819. The average molecular weight is 334 g/mol. The van der Waals surface area contributed by atoms with Gasteiger partial charge >= 0.3 is 0 Å². The molecule has 0 aliphatic heterocycles. The van der Waals surface area contributed by atoms with Crippen LogP contribution in [-0.2, 0) is 11.2 Å². The number of hydrogen-bond acceptors (Lipinski definition) is 7. The molecule has 0 aliphatic carbocycles. The Morgan fingerprint density at radius 2 is 2.13 bits per heavy atom. The zero-order valence-electron chi connectivity index (χ0n) is 11.9. The monoisotopic (exact) mass is 333 g/mol. The summed E-state index contributed by atoms with van der Waals surface area (Å²) in [6, 6.07) is 7.15. The predicted molar refractivity (Wildman–Crippen MR) is 80.5 cm³/mol. The number of rotatable bonds is 6. The molecular formula is C13H12ClN7O2. The van der Waals surface area contributed by atoms with Crippen molar-refractivity contribution in [2.45, 2.75) is 19.3 Å². The van der Waals surface area contributed by atoms with Crippen molar-refractivity contribution in [1.29, 1.82) is 0 Å². The van der Waals surface area contributed by atoms with E-state index in [1.165, 1.54) is 0 Å². The minimum atomic E-state index is -0.205. The molecule has 2 aromatic heterocycles. The Labute approximate surface area is 135 Å². The Hall–Kier alpha value is -2.81. The molecular weight excluding hydrogens is 322 g/mol. The van der Waals surface area contributed by atoms with Gasteiger partial charge in [-0.3, -0.25) is 10.1 Å². The number of benzene rings is 1. The number of nitrogens with zero attached hydrogens (tertiary/aromatic N) is 5. The number of amides is 1. The van der Waals surface area contributed by atoms with Crippen LogP contribution in [0.25, 0.3) is 11.4 Å². The van der Waals surface area contributed by atoms with Crippen LogP contribution in [0.2, 0.25) is 5.02 Å². The molecule has 1 amide bonds. The van der Waals surface area contributed by atoms with Crippen LogP contribution >= 0.6 is 11.6 Å². The van der Waals surface area contributed by atoms with E-state index in [0.29, 0.717) is 29.6 Å². The molecule has 0 atom stereocenters. The Kier molecular flexibility index (Phi) is 4.57. The van der Waals surface area contributed by atoms with Crippen molar-refractivity contribution in [3.8, 4) is 11.4 Å².